The molecule has 104 valence electrons. The fourth-order valence-corrected chi connectivity index (χ4v) is 2.05. The molecule has 0 unspecified atom stereocenters. The molecule has 0 radical (unpaired) electrons. The van der Waals surface area contributed by atoms with Gasteiger partial charge >= 0.3 is 0 Å². The number of anilines is 1. The first-order chi connectivity index (χ1) is 9.54. The summed E-state index contributed by atoms with van der Waals surface area (Å²) in [6.07, 6.45) is 0. The molecule has 0 aliphatic carbocycles. The van der Waals surface area contributed by atoms with Gasteiger partial charge in [-0.05, 0) is 24.6 Å². The predicted octanol–water partition coefficient (Wildman–Crippen LogP) is 0.207. The molecule has 2 rings (SSSR count). The molecule has 1 amide bonds. The smallest absolute Gasteiger partial charge is 0.234 e. The fourth-order valence-electron chi connectivity index (χ4n) is 1.40. The van der Waals surface area contributed by atoms with Crippen LogP contribution in [0.1, 0.15) is 16.2 Å². The first kappa shape index (κ1) is 14.1. The highest BCUT2D eigenvalue weighted by molar-refractivity contribution is 7.99. The van der Waals surface area contributed by atoms with Crippen molar-refractivity contribution in [2.24, 2.45) is 0 Å². The number of aromatic nitrogens is 3. The molecule has 20 heavy (non-hydrogen) atoms. The van der Waals surface area contributed by atoms with E-state index < -0.39 is 5.97 Å². The summed E-state index contributed by atoms with van der Waals surface area (Å²) in [5.74, 6) is -0.623. The summed E-state index contributed by atoms with van der Waals surface area (Å²) in [5.41, 5.74) is 0.584. The van der Waals surface area contributed by atoms with Crippen molar-refractivity contribution in [1.82, 2.24) is 15.2 Å². The SMILES string of the molecule is Cc1nc(SCC(=O)Nc2ccc(C(=O)[O-])cc2)n[nH]1. The Morgan fingerprint density at radius 2 is 2.05 bits per heavy atom. The van der Waals surface area contributed by atoms with Crippen LogP contribution in [-0.4, -0.2) is 32.8 Å². The molecule has 1 heterocycles. The van der Waals surface area contributed by atoms with Gasteiger partial charge in [0, 0.05) is 5.69 Å². The lowest BCUT2D eigenvalue weighted by molar-refractivity contribution is -0.255. The van der Waals surface area contributed by atoms with E-state index in [4.69, 9.17) is 0 Å². The maximum atomic E-state index is 11.7. The lowest BCUT2D eigenvalue weighted by Crippen LogP contribution is -2.22. The molecule has 0 saturated heterocycles. The molecule has 0 aliphatic heterocycles. The number of carbonyl (C=O) groups excluding carboxylic acids is 2. The number of H-pyrrole nitrogens is 1. The van der Waals surface area contributed by atoms with E-state index in [0.717, 1.165) is 0 Å². The van der Waals surface area contributed by atoms with Crippen LogP contribution in [0.3, 0.4) is 0 Å². The average molecular weight is 291 g/mol. The minimum Gasteiger partial charge on any atom is -0.545 e. The Bertz CT molecular complexity index is 624. The van der Waals surface area contributed by atoms with Gasteiger partial charge in [-0.15, -0.1) is 5.10 Å². The van der Waals surface area contributed by atoms with E-state index in [-0.39, 0.29) is 17.2 Å². The molecule has 0 saturated carbocycles. The van der Waals surface area contributed by atoms with E-state index in [1.54, 1.807) is 6.92 Å². The molecule has 0 spiro atoms. The quantitative estimate of drug-likeness (QED) is 0.762. The molecule has 2 N–H and O–H groups in total. The Hall–Kier alpha value is -2.35. The normalized spacial score (nSPS) is 10.2. The largest absolute Gasteiger partial charge is 0.545 e. The number of carbonyl (C=O) groups is 2. The number of amides is 1. The van der Waals surface area contributed by atoms with Gasteiger partial charge in [0.2, 0.25) is 11.1 Å². The number of hydrogen-bond donors (Lipinski definition) is 2. The second-order valence-electron chi connectivity index (χ2n) is 3.91. The number of thioether (sulfide) groups is 1. The van der Waals surface area contributed by atoms with Crippen molar-refractivity contribution in [1.29, 1.82) is 0 Å². The van der Waals surface area contributed by atoms with Crippen LogP contribution in [0.2, 0.25) is 0 Å². The van der Waals surface area contributed by atoms with Crippen LogP contribution in [0.25, 0.3) is 0 Å². The number of hydrogen-bond acceptors (Lipinski definition) is 6. The van der Waals surface area contributed by atoms with E-state index >= 15 is 0 Å². The monoisotopic (exact) mass is 291 g/mol. The summed E-state index contributed by atoms with van der Waals surface area (Å²) >= 11 is 1.21. The third-order valence-corrected chi connectivity index (χ3v) is 3.16. The molecule has 8 heteroatoms. The van der Waals surface area contributed by atoms with Crippen molar-refractivity contribution in [2.45, 2.75) is 12.1 Å². The predicted molar refractivity (Wildman–Crippen MR) is 71.2 cm³/mol. The first-order valence-electron chi connectivity index (χ1n) is 5.67. The van der Waals surface area contributed by atoms with Crippen LogP contribution in [-0.2, 0) is 4.79 Å². The summed E-state index contributed by atoms with van der Waals surface area (Å²) in [4.78, 5) is 26.3. The molecular formula is C12H11N4O3S-. The summed E-state index contributed by atoms with van der Waals surface area (Å²) in [7, 11) is 0. The van der Waals surface area contributed by atoms with Gasteiger partial charge in [-0.2, -0.15) is 0 Å². The highest BCUT2D eigenvalue weighted by Crippen LogP contribution is 2.14. The van der Waals surface area contributed by atoms with E-state index in [0.29, 0.717) is 16.7 Å². The summed E-state index contributed by atoms with van der Waals surface area (Å²) < 4.78 is 0. The van der Waals surface area contributed by atoms with Crippen molar-refractivity contribution >= 4 is 29.3 Å². The molecule has 0 fully saturated rings. The van der Waals surface area contributed by atoms with Crippen molar-refractivity contribution in [3.05, 3.63) is 35.7 Å². The van der Waals surface area contributed by atoms with Gasteiger partial charge in [-0.25, -0.2) is 4.98 Å². The summed E-state index contributed by atoms with van der Waals surface area (Å²) in [6.45, 7) is 1.77. The molecule has 1 aromatic carbocycles. The zero-order chi connectivity index (χ0) is 14.5. The van der Waals surface area contributed by atoms with Crippen molar-refractivity contribution in [2.75, 3.05) is 11.1 Å². The zero-order valence-electron chi connectivity index (χ0n) is 10.5. The van der Waals surface area contributed by atoms with Crippen LogP contribution in [0.4, 0.5) is 5.69 Å². The van der Waals surface area contributed by atoms with Gasteiger partial charge in [-0.3, -0.25) is 9.89 Å². The van der Waals surface area contributed by atoms with Gasteiger partial charge in [0.05, 0.1) is 11.7 Å². The number of nitrogens with zero attached hydrogens (tertiary/aromatic N) is 2. The van der Waals surface area contributed by atoms with Crippen LogP contribution in [0, 0.1) is 6.92 Å². The third-order valence-electron chi connectivity index (χ3n) is 2.31. The van der Waals surface area contributed by atoms with Crippen LogP contribution < -0.4 is 10.4 Å². The van der Waals surface area contributed by atoms with Crippen LogP contribution >= 0.6 is 11.8 Å². The Morgan fingerprint density at radius 3 is 2.60 bits per heavy atom. The van der Waals surface area contributed by atoms with Gasteiger partial charge in [0.1, 0.15) is 5.82 Å². The number of benzene rings is 1. The number of carboxylic acid groups (broad SMARTS) is 1. The van der Waals surface area contributed by atoms with Crippen LogP contribution in [0.15, 0.2) is 29.4 Å². The van der Waals surface area contributed by atoms with Gasteiger partial charge in [0.25, 0.3) is 0 Å². The maximum Gasteiger partial charge on any atom is 0.234 e. The molecule has 0 aliphatic rings. The number of aryl methyl sites for hydroxylation is 1. The van der Waals surface area contributed by atoms with Gasteiger partial charge in [-0.1, -0.05) is 23.9 Å². The lowest BCUT2D eigenvalue weighted by Gasteiger charge is -2.06. The highest BCUT2D eigenvalue weighted by atomic mass is 32.2. The third kappa shape index (κ3) is 3.82. The van der Waals surface area contributed by atoms with Crippen molar-refractivity contribution < 1.29 is 14.7 Å². The van der Waals surface area contributed by atoms with E-state index in [2.05, 4.69) is 20.5 Å². The number of carboxylic acids is 1. The second kappa shape index (κ2) is 6.20. The number of nitrogens with one attached hydrogen (secondary N) is 2. The Balaban J connectivity index is 1.86. The zero-order valence-corrected chi connectivity index (χ0v) is 11.4. The number of rotatable bonds is 5. The van der Waals surface area contributed by atoms with E-state index in [9.17, 15) is 14.7 Å². The highest BCUT2D eigenvalue weighted by Gasteiger charge is 2.06. The second-order valence-corrected chi connectivity index (χ2v) is 4.85. The molecular weight excluding hydrogens is 280 g/mol. The molecule has 2 aromatic rings. The molecule has 0 bridgehead atoms. The Labute approximate surface area is 118 Å². The Morgan fingerprint density at radius 1 is 1.35 bits per heavy atom. The Kier molecular flexibility index (Phi) is 4.36. The minimum absolute atomic E-state index is 0.0635. The maximum absolute atomic E-state index is 11.7. The standard InChI is InChI=1S/C12H12N4O3S/c1-7-13-12(16-15-7)20-6-10(17)14-9-4-2-8(3-5-9)11(18)19/h2-5H,6H2,1H3,(H,14,17)(H,18,19)(H,13,15,16)/p-1. The first-order valence-corrected chi connectivity index (χ1v) is 6.66. The van der Waals surface area contributed by atoms with Crippen molar-refractivity contribution in [3.8, 4) is 0 Å². The molecule has 1 aromatic heterocycles. The average Bonchev–Trinajstić information content (AvgIpc) is 2.83. The molecule has 0 atom stereocenters. The van der Waals surface area contributed by atoms with Gasteiger partial charge in [0.15, 0.2) is 0 Å². The van der Waals surface area contributed by atoms with E-state index in [1.165, 1.54) is 36.0 Å². The number of aromatic amines is 1. The van der Waals surface area contributed by atoms with Gasteiger partial charge < -0.3 is 15.2 Å². The fraction of sp³-hybridized carbons (Fsp3) is 0.167. The summed E-state index contributed by atoms with van der Waals surface area (Å²) in [6, 6.07) is 5.75. The topological polar surface area (TPSA) is 111 Å². The van der Waals surface area contributed by atoms with E-state index in [1.807, 2.05) is 0 Å². The number of aromatic carboxylic acids is 1. The summed E-state index contributed by atoms with van der Waals surface area (Å²) in [5, 5.41) is 20.3. The lowest BCUT2D eigenvalue weighted by atomic mass is 10.2. The molecule has 7 nitrogen and oxygen atoms in total. The van der Waals surface area contributed by atoms with Crippen LogP contribution in [0.5, 0.6) is 0 Å². The van der Waals surface area contributed by atoms with Crippen molar-refractivity contribution in [3.63, 3.8) is 0 Å². The minimum atomic E-state index is -1.25.